The molecule has 1 fully saturated rings. The van der Waals surface area contributed by atoms with E-state index in [0.29, 0.717) is 35.1 Å². The lowest BCUT2D eigenvalue weighted by Crippen LogP contribution is -2.52. The van der Waals surface area contributed by atoms with Crippen molar-refractivity contribution in [2.75, 3.05) is 14.2 Å². The summed E-state index contributed by atoms with van der Waals surface area (Å²) in [5.41, 5.74) is 0.672. The summed E-state index contributed by atoms with van der Waals surface area (Å²) in [5.74, 6) is 1.66. The molecule has 1 atom stereocenters. The Morgan fingerprint density at radius 1 is 1.18 bits per heavy atom. The Kier molecular flexibility index (Phi) is 9.34. The van der Waals surface area contributed by atoms with Crippen LogP contribution in [0.2, 0.25) is 0 Å². The van der Waals surface area contributed by atoms with E-state index in [1.165, 1.54) is 4.80 Å². The second kappa shape index (κ2) is 13.1. The third-order valence-electron chi connectivity index (χ3n) is 6.81. The quantitative estimate of drug-likeness (QED) is 0.360. The van der Waals surface area contributed by atoms with E-state index < -0.39 is 6.04 Å². The highest BCUT2D eigenvalue weighted by Gasteiger charge is 2.32. The Morgan fingerprint density at radius 3 is 2.66 bits per heavy atom. The van der Waals surface area contributed by atoms with Gasteiger partial charge in [-0.05, 0) is 54.8 Å². The van der Waals surface area contributed by atoms with Crippen LogP contribution < -0.4 is 14.8 Å². The van der Waals surface area contributed by atoms with Gasteiger partial charge in [-0.1, -0.05) is 32.6 Å². The van der Waals surface area contributed by atoms with Crippen LogP contribution in [0.1, 0.15) is 57.6 Å². The molecule has 0 bridgehead atoms. The smallest absolute Gasteiger partial charge is 0.247 e. The SMILES string of the molecule is CCCCC(C(=O)NC1CCCC1)N(Cc1ccco1)C(=O)Cn1nnc(-c2ccc(OC)c(OC)c2)n1. The van der Waals surface area contributed by atoms with Gasteiger partial charge in [0, 0.05) is 11.6 Å². The molecule has 0 radical (unpaired) electrons. The minimum Gasteiger partial charge on any atom is -0.493 e. The normalized spacial score (nSPS) is 14.3. The number of furan rings is 1. The van der Waals surface area contributed by atoms with Crippen molar-refractivity contribution >= 4 is 11.8 Å². The van der Waals surface area contributed by atoms with Crippen molar-refractivity contribution in [3.63, 3.8) is 0 Å². The van der Waals surface area contributed by atoms with Crippen LogP contribution in [-0.4, -0.2) is 63.2 Å². The molecule has 4 rings (SSSR count). The maximum absolute atomic E-state index is 13.7. The van der Waals surface area contributed by atoms with Gasteiger partial charge in [0.1, 0.15) is 18.3 Å². The van der Waals surface area contributed by atoms with E-state index in [4.69, 9.17) is 13.9 Å². The van der Waals surface area contributed by atoms with Crippen molar-refractivity contribution in [2.24, 2.45) is 0 Å². The molecule has 204 valence electrons. The summed E-state index contributed by atoms with van der Waals surface area (Å²) < 4.78 is 16.2. The number of ether oxygens (including phenoxy) is 2. The van der Waals surface area contributed by atoms with Gasteiger partial charge in [0.05, 0.1) is 27.0 Å². The molecule has 11 heteroatoms. The highest BCUT2D eigenvalue weighted by Crippen LogP contribution is 2.30. The van der Waals surface area contributed by atoms with Crippen LogP contribution in [-0.2, 0) is 22.7 Å². The number of hydrogen-bond acceptors (Lipinski definition) is 8. The monoisotopic (exact) mass is 524 g/mol. The molecule has 2 aromatic heterocycles. The van der Waals surface area contributed by atoms with Crippen LogP contribution >= 0.6 is 0 Å². The molecule has 38 heavy (non-hydrogen) atoms. The number of hydrogen-bond donors (Lipinski definition) is 1. The minimum atomic E-state index is -0.623. The zero-order valence-corrected chi connectivity index (χ0v) is 22.3. The minimum absolute atomic E-state index is 0.122. The zero-order valence-electron chi connectivity index (χ0n) is 22.3. The van der Waals surface area contributed by atoms with Crippen molar-refractivity contribution < 1.29 is 23.5 Å². The Labute approximate surface area is 222 Å². The molecule has 11 nitrogen and oxygen atoms in total. The molecule has 1 aromatic carbocycles. The van der Waals surface area contributed by atoms with Gasteiger partial charge < -0.3 is 24.1 Å². The van der Waals surface area contributed by atoms with Crippen LogP contribution in [0.4, 0.5) is 0 Å². The second-order valence-corrected chi connectivity index (χ2v) is 9.46. The molecule has 1 aliphatic carbocycles. The fourth-order valence-electron chi connectivity index (χ4n) is 4.75. The predicted octanol–water partition coefficient (Wildman–Crippen LogP) is 3.60. The number of tetrazole rings is 1. The van der Waals surface area contributed by atoms with E-state index in [2.05, 4.69) is 27.7 Å². The molecular formula is C27H36N6O5. The zero-order chi connectivity index (χ0) is 26.9. The summed E-state index contributed by atoms with van der Waals surface area (Å²) in [6, 6.07) is 8.41. The highest BCUT2D eigenvalue weighted by molar-refractivity contribution is 5.87. The molecule has 1 unspecified atom stereocenters. The number of benzene rings is 1. The van der Waals surface area contributed by atoms with Gasteiger partial charge in [-0.3, -0.25) is 9.59 Å². The van der Waals surface area contributed by atoms with Crippen LogP contribution in [0.5, 0.6) is 11.5 Å². The van der Waals surface area contributed by atoms with Gasteiger partial charge in [-0.15, -0.1) is 10.2 Å². The number of rotatable bonds is 13. The number of amides is 2. The first-order valence-electron chi connectivity index (χ1n) is 13.1. The van der Waals surface area contributed by atoms with Crippen LogP contribution in [0.3, 0.4) is 0 Å². The van der Waals surface area contributed by atoms with Crippen molar-refractivity contribution in [1.29, 1.82) is 0 Å². The summed E-state index contributed by atoms with van der Waals surface area (Å²) in [6.45, 7) is 2.08. The van der Waals surface area contributed by atoms with Gasteiger partial charge in [0.25, 0.3) is 0 Å². The molecular weight excluding hydrogens is 488 g/mol. The molecule has 1 N–H and O–H groups in total. The number of carbonyl (C=O) groups is 2. The van der Waals surface area contributed by atoms with Gasteiger partial charge in [0.2, 0.25) is 17.6 Å². The summed E-state index contributed by atoms with van der Waals surface area (Å²) in [6.07, 6.45) is 8.01. The molecule has 3 aromatic rings. The Bertz CT molecular complexity index is 1190. The van der Waals surface area contributed by atoms with Crippen molar-refractivity contribution in [3.8, 4) is 22.9 Å². The average molecular weight is 525 g/mol. The van der Waals surface area contributed by atoms with E-state index in [9.17, 15) is 9.59 Å². The highest BCUT2D eigenvalue weighted by atomic mass is 16.5. The van der Waals surface area contributed by atoms with Gasteiger partial charge in [-0.25, -0.2) is 0 Å². The molecule has 2 amide bonds. The lowest BCUT2D eigenvalue weighted by molar-refractivity contribution is -0.143. The maximum Gasteiger partial charge on any atom is 0.247 e. The van der Waals surface area contributed by atoms with Crippen molar-refractivity contribution in [1.82, 2.24) is 30.4 Å². The van der Waals surface area contributed by atoms with E-state index in [-0.39, 0.29) is 30.9 Å². The van der Waals surface area contributed by atoms with E-state index in [0.717, 1.165) is 38.5 Å². The van der Waals surface area contributed by atoms with Crippen LogP contribution in [0.25, 0.3) is 11.4 Å². The summed E-state index contributed by atoms with van der Waals surface area (Å²) >= 11 is 0. The molecule has 0 spiro atoms. The van der Waals surface area contributed by atoms with Gasteiger partial charge >= 0.3 is 0 Å². The number of unbranched alkanes of at least 4 members (excludes halogenated alkanes) is 1. The first-order chi connectivity index (χ1) is 18.5. The molecule has 0 saturated heterocycles. The van der Waals surface area contributed by atoms with Gasteiger partial charge in [-0.2, -0.15) is 4.80 Å². The fraction of sp³-hybridized carbons (Fsp3) is 0.519. The largest absolute Gasteiger partial charge is 0.493 e. The maximum atomic E-state index is 13.7. The first-order valence-corrected chi connectivity index (χ1v) is 13.1. The standard InChI is InChI=1S/C27H36N6O5/c1-4-5-12-22(27(35)28-20-9-6-7-10-20)32(17-21-11-8-15-38-21)25(34)18-33-30-26(29-31-33)19-13-14-23(36-2)24(16-19)37-3/h8,11,13-16,20,22H,4-7,9-10,12,17-18H2,1-3H3,(H,28,35). The van der Waals surface area contributed by atoms with Crippen molar-refractivity contribution in [3.05, 3.63) is 42.4 Å². The Balaban J connectivity index is 1.54. The average Bonchev–Trinajstić information content (AvgIpc) is 3.71. The van der Waals surface area contributed by atoms with Crippen molar-refractivity contribution in [2.45, 2.75) is 77.0 Å². The first kappa shape index (κ1) is 27.2. The summed E-state index contributed by atoms with van der Waals surface area (Å²) in [4.78, 5) is 29.9. The number of aromatic nitrogens is 4. The Morgan fingerprint density at radius 2 is 1.97 bits per heavy atom. The predicted molar refractivity (Wildman–Crippen MR) is 139 cm³/mol. The van der Waals surface area contributed by atoms with Crippen LogP contribution in [0.15, 0.2) is 41.0 Å². The Hall–Kier alpha value is -3.89. The number of nitrogens with zero attached hydrogens (tertiary/aromatic N) is 5. The van der Waals surface area contributed by atoms with E-state index in [1.54, 1.807) is 55.7 Å². The number of carbonyl (C=O) groups excluding carboxylic acids is 2. The second-order valence-electron chi connectivity index (χ2n) is 9.46. The summed E-state index contributed by atoms with van der Waals surface area (Å²) in [5, 5.41) is 15.8. The van der Waals surface area contributed by atoms with Gasteiger partial charge in [0.15, 0.2) is 11.5 Å². The lowest BCUT2D eigenvalue weighted by Gasteiger charge is -2.31. The number of nitrogens with one attached hydrogen (secondary N) is 1. The third-order valence-corrected chi connectivity index (χ3v) is 6.81. The third kappa shape index (κ3) is 6.70. The van der Waals surface area contributed by atoms with E-state index in [1.807, 2.05) is 0 Å². The summed E-state index contributed by atoms with van der Waals surface area (Å²) in [7, 11) is 3.12. The topological polar surface area (TPSA) is 125 Å². The number of methoxy groups -OCH3 is 2. The fourth-order valence-corrected chi connectivity index (χ4v) is 4.75. The lowest BCUT2D eigenvalue weighted by atomic mass is 10.1. The van der Waals surface area contributed by atoms with E-state index >= 15 is 0 Å². The molecule has 1 aliphatic rings. The molecule has 2 heterocycles. The van der Waals surface area contributed by atoms with Crippen LogP contribution in [0, 0.1) is 0 Å². The molecule has 0 aliphatic heterocycles. The molecule has 1 saturated carbocycles.